The summed E-state index contributed by atoms with van der Waals surface area (Å²) >= 11 is 0. The Morgan fingerprint density at radius 2 is 2.27 bits per heavy atom. The predicted octanol–water partition coefficient (Wildman–Crippen LogP) is 2.35. The lowest BCUT2D eigenvalue weighted by Gasteiger charge is -2.30. The third-order valence-corrected chi connectivity index (χ3v) is 3.46. The maximum atomic E-state index is 12.2. The van der Waals surface area contributed by atoms with Gasteiger partial charge in [0, 0.05) is 19.2 Å². The quantitative estimate of drug-likeness (QED) is 0.784. The molecular weight excluding hydrogens is 282 g/mol. The summed E-state index contributed by atoms with van der Waals surface area (Å²) in [6.07, 6.45) is 3.48. The molecule has 0 aliphatic carbocycles. The number of amides is 1. The van der Waals surface area contributed by atoms with Crippen LogP contribution in [0.2, 0.25) is 0 Å². The Morgan fingerprint density at radius 3 is 2.95 bits per heavy atom. The Bertz CT molecular complexity index is 541. The highest BCUT2D eigenvalue weighted by Gasteiger charge is 2.19. The van der Waals surface area contributed by atoms with Gasteiger partial charge < -0.3 is 19.1 Å². The molecule has 5 heteroatoms. The van der Waals surface area contributed by atoms with Gasteiger partial charge in [0.25, 0.3) is 0 Å². The second kappa shape index (κ2) is 7.84. The molecule has 1 aliphatic heterocycles. The average molecular weight is 305 g/mol. The number of rotatable bonds is 5. The molecule has 0 spiro atoms. The van der Waals surface area contributed by atoms with Gasteiger partial charge in [-0.1, -0.05) is 6.07 Å². The van der Waals surface area contributed by atoms with Gasteiger partial charge in [0.1, 0.15) is 0 Å². The van der Waals surface area contributed by atoms with Gasteiger partial charge in [-0.25, -0.2) is 0 Å². The second-order valence-corrected chi connectivity index (χ2v) is 5.14. The Morgan fingerprint density at radius 1 is 1.45 bits per heavy atom. The van der Waals surface area contributed by atoms with Crippen LogP contribution in [0.1, 0.15) is 19.4 Å². The van der Waals surface area contributed by atoms with E-state index in [1.165, 1.54) is 0 Å². The highest BCUT2D eigenvalue weighted by atomic mass is 16.5. The molecule has 1 heterocycles. The SMILES string of the molecule is CCOc1ccc(/C=C/C(=O)N2CCOC(C)C2)cc1OC. The van der Waals surface area contributed by atoms with Crippen LogP contribution in [-0.2, 0) is 9.53 Å². The van der Waals surface area contributed by atoms with Crippen LogP contribution in [0.25, 0.3) is 6.08 Å². The summed E-state index contributed by atoms with van der Waals surface area (Å²) in [5.41, 5.74) is 0.898. The fourth-order valence-corrected chi connectivity index (χ4v) is 2.35. The molecule has 0 radical (unpaired) electrons. The van der Waals surface area contributed by atoms with E-state index in [9.17, 15) is 4.79 Å². The molecule has 5 nitrogen and oxygen atoms in total. The largest absolute Gasteiger partial charge is 0.493 e. The zero-order chi connectivity index (χ0) is 15.9. The Labute approximate surface area is 131 Å². The first-order chi connectivity index (χ1) is 10.6. The van der Waals surface area contributed by atoms with E-state index in [0.717, 1.165) is 5.56 Å². The van der Waals surface area contributed by atoms with Gasteiger partial charge >= 0.3 is 0 Å². The maximum Gasteiger partial charge on any atom is 0.246 e. The molecule has 120 valence electrons. The van der Waals surface area contributed by atoms with Crippen molar-refractivity contribution in [3.8, 4) is 11.5 Å². The van der Waals surface area contributed by atoms with Gasteiger partial charge in [-0.15, -0.1) is 0 Å². The summed E-state index contributed by atoms with van der Waals surface area (Å²) in [6.45, 7) is 6.35. The lowest BCUT2D eigenvalue weighted by molar-refractivity contribution is -0.132. The average Bonchev–Trinajstić information content (AvgIpc) is 2.53. The van der Waals surface area contributed by atoms with Crippen LogP contribution in [0.5, 0.6) is 11.5 Å². The van der Waals surface area contributed by atoms with Crippen molar-refractivity contribution in [3.05, 3.63) is 29.8 Å². The first-order valence-electron chi connectivity index (χ1n) is 7.53. The smallest absolute Gasteiger partial charge is 0.246 e. The van der Waals surface area contributed by atoms with Crippen LogP contribution in [0.4, 0.5) is 0 Å². The van der Waals surface area contributed by atoms with Crippen molar-refractivity contribution in [2.45, 2.75) is 20.0 Å². The van der Waals surface area contributed by atoms with Crippen molar-refractivity contribution < 1.29 is 19.0 Å². The van der Waals surface area contributed by atoms with Gasteiger partial charge in [-0.2, -0.15) is 0 Å². The van der Waals surface area contributed by atoms with Crippen molar-refractivity contribution in [1.82, 2.24) is 4.90 Å². The minimum absolute atomic E-state index is 0.00278. The molecule has 1 fully saturated rings. The van der Waals surface area contributed by atoms with Crippen LogP contribution < -0.4 is 9.47 Å². The molecule has 1 aliphatic rings. The van der Waals surface area contributed by atoms with Crippen LogP contribution in [-0.4, -0.2) is 50.3 Å². The van der Waals surface area contributed by atoms with Crippen molar-refractivity contribution in [3.63, 3.8) is 0 Å². The topological polar surface area (TPSA) is 48.0 Å². The zero-order valence-corrected chi connectivity index (χ0v) is 13.4. The van der Waals surface area contributed by atoms with Crippen molar-refractivity contribution in [2.75, 3.05) is 33.4 Å². The number of carbonyl (C=O) groups excluding carboxylic acids is 1. The van der Waals surface area contributed by atoms with Gasteiger partial charge in [0.15, 0.2) is 11.5 Å². The van der Waals surface area contributed by atoms with E-state index in [1.54, 1.807) is 24.2 Å². The standard InChI is InChI=1S/C17H23NO4/c1-4-21-15-7-5-14(11-16(15)20-3)6-8-17(19)18-9-10-22-13(2)12-18/h5-8,11,13H,4,9-10,12H2,1-3H3/b8-6+. The number of morpholine rings is 1. The van der Waals surface area contributed by atoms with Crippen molar-refractivity contribution >= 4 is 12.0 Å². The molecule has 1 unspecified atom stereocenters. The van der Waals surface area contributed by atoms with Gasteiger partial charge in [-0.3, -0.25) is 4.79 Å². The molecule has 2 rings (SSSR count). The number of nitrogens with zero attached hydrogens (tertiary/aromatic N) is 1. The fraction of sp³-hybridized carbons (Fsp3) is 0.471. The number of benzene rings is 1. The van der Waals surface area contributed by atoms with E-state index in [0.29, 0.717) is 37.8 Å². The van der Waals surface area contributed by atoms with Gasteiger partial charge in [0.05, 0.1) is 26.4 Å². The summed E-state index contributed by atoms with van der Waals surface area (Å²) in [5.74, 6) is 1.37. The van der Waals surface area contributed by atoms with E-state index >= 15 is 0 Å². The first-order valence-corrected chi connectivity index (χ1v) is 7.53. The maximum absolute atomic E-state index is 12.2. The van der Waals surface area contributed by atoms with Crippen molar-refractivity contribution in [1.29, 1.82) is 0 Å². The molecule has 1 aromatic carbocycles. The van der Waals surface area contributed by atoms with E-state index in [2.05, 4.69) is 0 Å². The third kappa shape index (κ3) is 4.24. The zero-order valence-electron chi connectivity index (χ0n) is 13.4. The summed E-state index contributed by atoms with van der Waals surface area (Å²) in [4.78, 5) is 14.0. The van der Waals surface area contributed by atoms with Gasteiger partial charge in [0.2, 0.25) is 5.91 Å². The van der Waals surface area contributed by atoms with Crippen LogP contribution in [0.15, 0.2) is 24.3 Å². The number of methoxy groups -OCH3 is 1. The monoisotopic (exact) mass is 305 g/mol. The molecule has 0 N–H and O–H groups in total. The lowest BCUT2D eigenvalue weighted by Crippen LogP contribution is -2.43. The van der Waals surface area contributed by atoms with Crippen LogP contribution in [0, 0.1) is 0 Å². The molecule has 0 bridgehead atoms. The molecule has 1 aromatic rings. The number of carbonyl (C=O) groups is 1. The summed E-state index contributed by atoms with van der Waals surface area (Å²) < 4.78 is 16.2. The van der Waals surface area contributed by atoms with E-state index in [-0.39, 0.29) is 12.0 Å². The molecule has 0 saturated carbocycles. The van der Waals surface area contributed by atoms with Gasteiger partial charge in [-0.05, 0) is 37.6 Å². The normalized spacial score (nSPS) is 18.5. The Balaban J connectivity index is 2.04. The molecule has 1 atom stereocenters. The van der Waals surface area contributed by atoms with E-state index < -0.39 is 0 Å². The number of ether oxygens (including phenoxy) is 3. The molecule has 1 saturated heterocycles. The van der Waals surface area contributed by atoms with Crippen LogP contribution >= 0.6 is 0 Å². The number of hydrogen-bond donors (Lipinski definition) is 0. The second-order valence-electron chi connectivity index (χ2n) is 5.14. The molecule has 1 amide bonds. The van der Waals surface area contributed by atoms with Crippen LogP contribution in [0.3, 0.4) is 0 Å². The summed E-state index contributed by atoms with van der Waals surface area (Å²) in [5, 5.41) is 0. The highest BCUT2D eigenvalue weighted by Crippen LogP contribution is 2.28. The Kier molecular flexibility index (Phi) is 5.83. The summed E-state index contributed by atoms with van der Waals surface area (Å²) in [7, 11) is 1.60. The predicted molar refractivity (Wildman–Crippen MR) is 85.2 cm³/mol. The molecule has 0 aromatic heterocycles. The molecule has 22 heavy (non-hydrogen) atoms. The first kappa shape index (κ1) is 16.4. The van der Waals surface area contributed by atoms with Crippen molar-refractivity contribution in [2.24, 2.45) is 0 Å². The van der Waals surface area contributed by atoms with E-state index in [4.69, 9.17) is 14.2 Å². The summed E-state index contributed by atoms with van der Waals surface area (Å²) in [6, 6.07) is 5.61. The third-order valence-electron chi connectivity index (χ3n) is 3.46. The Hall–Kier alpha value is -2.01. The fourth-order valence-electron chi connectivity index (χ4n) is 2.35. The lowest BCUT2D eigenvalue weighted by atomic mass is 10.2. The highest BCUT2D eigenvalue weighted by molar-refractivity contribution is 5.92. The molecular formula is C17H23NO4. The van der Waals surface area contributed by atoms with E-state index in [1.807, 2.05) is 32.0 Å². The minimum atomic E-state index is 0.00278. The minimum Gasteiger partial charge on any atom is -0.493 e. The number of hydrogen-bond acceptors (Lipinski definition) is 4.